The molecule has 0 aliphatic heterocycles. The van der Waals surface area contributed by atoms with Crippen LogP contribution in [0.1, 0.15) is 41.1 Å². The number of nitrogens with two attached hydrogens (primary N) is 1. The molecule has 3 N–H and O–H groups in total. The molecule has 0 aliphatic carbocycles. The van der Waals surface area contributed by atoms with Crippen molar-refractivity contribution in [3.05, 3.63) is 84.1 Å². The van der Waals surface area contributed by atoms with Crippen LogP contribution in [0.15, 0.2) is 67.1 Å². The van der Waals surface area contributed by atoms with E-state index in [4.69, 9.17) is 15.5 Å². The fraction of sp³-hybridized carbons (Fsp3) is 0.250. The van der Waals surface area contributed by atoms with Crippen molar-refractivity contribution in [3.8, 4) is 11.3 Å². The monoisotopic (exact) mass is 513 g/mol. The number of methoxy groups -OCH3 is 1. The first-order valence-corrected chi connectivity index (χ1v) is 12.2. The third-order valence-electron chi connectivity index (χ3n) is 6.21. The van der Waals surface area contributed by atoms with Gasteiger partial charge in [-0.15, -0.1) is 0 Å². The van der Waals surface area contributed by atoms with Crippen molar-refractivity contribution in [1.82, 2.24) is 24.3 Å². The minimum Gasteiger partial charge on any atom is -0.382 e. The number of aryl methyl sites for hydroxylation is 1. The zero-order chi connectivity index (χ0) is 27.2. The number of hydrogen-bond donors (Lipinski definition) is 2. The van der Waals surface area contributed by atoms with Crippen molar-refractivity contribution in [2.45, 2.75) is 26.3 Å². The average Bonchev–Trinajstić information content (AvgIpc) is 3.30. The molecule has 0 fully saturated rings. The van der Waals surface area contributed by atoms with Gasteiger partial charge in [0.05, 0.1) is 12.6 Å². The number of carbonyl (C=O) groups excluding carboxylic acids is 2. The van der Waals surface area contributed by atoms with Crippen LogP contribution < -0.4 is 11.1 Å². The summed E-state index contributed by atoms with van der Waals surface area (Å²) in [5.41, 5.74) is 9.80. The van der Waals surface area contributed by atoms with E-state index in [1.165, 1.54) is 6.08 Å². The SMILES string of the molecule is CC[C@@H](c1nc(-c2ccc(C(=O)Nc3cc(C)ccn3)cc2)c2c(N)nccn12)N(C)C(=O)/C=C/COC. The van der Waals surface area contributed by atoms with E-state index in [2.05, 4.69) is 15.3 Å². The zero-order valence-corrected chi connectivity index (χ0v) is 21.9. The molecular formula is C28H31N7O3. The highest BCUT2D eigenvalue weighted by Crippen LogP contribution is 2.33. The van der Waals surface area contributed by atoms with E-state index in [9.17, 15) is 9.59 Å². The number of carbonyl (C=O) groups is 2. The summed E-state index contributed by atoms with van der Waals surface area (Å²) in [5, 5.41) is 2.81. The molecule has 10 nitrogen and oxygen atoms in total. The molecular weight excluding hydrogens is 482 g/mol. The maximum absolute atomic E-state index is 12.8. The summed E-state index contributed by atoms with van der Waals surface area (Å²) in [7, 11) is 3.32. The molecule has 0 unspecified atom stereocenters. The number of ether oxygens (including phenoxy) is 1. The summed E-state index contributed by atoms with van der Waals surface area (Å²) in [4.78, 5) is 40.6. The van der Waals surface area contributed by atoms with Gasteiger partial charge in [-0.3, -0.25) is 14.0 Å². The Bertz CT molecular complexity index is 1480. The van der Waals surface area contributed by atoms with Gasteiger partial charge in [-0.25, -0.2) is 15.0 Å². The van der Waals surface area contributed by atoms with Crippen molar-refractivity contribution >= 4 is 29.0 Å². The van der Waals surface area contributed by atoms with Crippen LogP contribution in [0.5, 0.6) is 0 Å². The molecule has 0 radical (unpaired) electrons. The van der Waals surface area contributed by atoms with E-state index >= 15 is 0 Å². The van der Waals surface area contributed by atoms with Gasteiger partial charge in [-0.2, -0.15) is 0 Å². The Kier molecular flexibility index (Phi) is 8.12. The molecule has 10 heteroatoms. The van der Waals surface area contributed by atoms with E-state index in [1.54, 1.807) is 61.9 Å². The standard InChI is InChI=1S/C28H31N7O3/c1-5-21(34(3)23(36)7-6-16-38-4)27-33-24(25-26(29)31-14-15-35(25)27)19-8-10-20(11-9-19)28(37)32-22-17-18(2)12-13-30-22/h6-15,17,21H,5,16H2,1-4H3,(H2,29,31)(H,30,32,37)/b7-6+/t21-/m0/s1. The van der Waals surface area contributed by atoms with Crippen LogP contribution in [0.25, 0.3) is 16.8 Å². The van der Waals surface area contributed by atoms with Crippen LogP contribution >= 0.6 is 0 Å². The molecule has 1 atom stereocenters. The Balaban J connectivity index is 1.67. The third-order valence-corrected chi connectivity index (χ3v) is 6.21. The molecule has 196 valence electrons. The Morgan fingerprint density at radius 3 is 2.63 bits per heavy atom. The molecule has 0 bridgehead atoms. The van der Waals surface area contributed by atoms with Crippen LogP contribution in [0.4, 0.5) is 11.6 Å². The van der Waals surface area contributed by atoms with E-state index in [0.29, 0.717) is 47.3 Å². The van der Waals surface area contributed by atoms with E-state index in [-0.39, 0.29) is 17.9 Å². The minimum atomic E-state index is -0.315. The smallest absolute Gasteiger partial charge is 0.256 e. The van der Waals surface area contributed by atoms with Gasteiger partial charge in [0.1, 0.15) is 28.7 Å². The molecule has 3 aromatic heterocycles. The summed E-state index contributed by atoms with van der Waals surface area (Å²) in [6.07, 6.45) is 8.85. The van der Waals surface area contributed by atoms with Crippen molar-refractivity contribution < 1.29 is 14.3 Å². The first-order valence-electron chi connectivity index (χ1n) is 12.2. The molecule has 0 aliphatic rings. The number of anilines is 2. The lowest BCUT2D eigenvalue weighted by Crippen LogP contribution is -2.30. The Morgan fingerprint density at radius 1 is 1.18 bits per heavy atom. The van der Waals surface area contributed by atoms with Gasteiger partial charge in [-0.05, 0) is 43.2 Å². The fourth-order valence-corrected chi connectivity index (χ4v) is 4.24. The molecule has 4 aromatic rings. The number of benzene rings is 1. The lowest BCUT2D eigenvalue weighted by Gasteiger charge is -2.25. The lowest BCUT2D eigenvalue weighted by atomic mass is 10.1. The average molecular weight is 514 g/mol. The van der Waals surface area contributed by atoms with Gasteiger partial charge in [-0.1, -0.05) is 25.1 Å². The second-order valence-corrected chi connectivity index (χ2v) is 8.83. The first-order chi connectivity index (χ1) is 18.3. The second-order valence-electron chi connectivity index (χ2n) is 8.83. The number of aromatic nitrogens is 4. The number of rotatable bonds is 9. The summed E-state index contributed by atoms with van der Waals surface area (Å²) >= 11 is 0. The summed E-state index contributed by atoms with van der Waals surface area (Å²) in [6, 6.07) is 10.4. The number of fused-ring (bicyclic) bond motifs is 1. The summed E-state index contributed by atoms with van der Waals surface area (Å²) < 4.78 is 6.87. The van der Waals surface area contributed by atoms with Crippen LogP contribution in [-0.2, 0) is 9.53 Å². The van der Waals surface area contributed by atoms with Gasteiger partial charge in [0.2, 0.25) is 5.91 Å². The van der Waals surface area contributed by atoms with Crippen LogP contribution in [0.2, 0.25) is 0 Å². The van der Waals surface area contributed by atoms with Gasteiger partial charge in [0.25, 0.3) is 5.91 Å². The van der Waals surface area contributed by atoms with Crippen LogP contribution in [-0.4, -0.2) is 56.8 Å². The number of likely N-dealkylation sites (N-methyl/N-ethyl adjacent to an activating group) is 1. The normalized spacial score (nSPS) is 12.1. The molecule has 0 saturated carbocycles. The van der Waals surface area contributed by atoms with E-state index < -0.39 is 0 Å². The number of nitrogens with one attached hydrogen (secondary N) is 1. The number of nitrogen functional groups attached to an aromatic ring is 1. The predicted molar refractivity (Wildman–Crippen MR) is 147 cm³/mol. The molecule has 2 amide bonds. The predicted octanol–water partition coefficient (Wildman–Crippen LogP) is 4.05. The maximum Gasteiger partial charge on any atom is 0.256 e. The van der Waals surface area contributed by atoms with Gasteiger partial charge in [0.15, 0.2) is 0 Å². The fourth-order valence-electron chi connectivity index (χ4n) is 4.24. The lowest BCUT2D eigenvalue weighted by molar-refractivity contribution is -0.127. The van der Waals surface area contributed by atoms with Crippen molar-refractivity contribution in [3.63, 3.8) is 0 Å². The van der Waals surface area contributed by atoms with Crippen LogP contribution in [0, 0.1) is 6.92 Å². The largest absolute Gasteiger partial charge is 0.382 e. The Labute approximate surface area is 221 Å². The van der Waals surface area contributed by atoms with Crippen molar-refractivity contribution in [2.24, 2.45) is 0 Å². The highest BCUT2D eigenvalue weighted by atomic mass is 16.5. The number of nitrogens with zero attached hydrogens (tertiary/aromatic N) is 5. The summed E-state index contributed by atoms with van der Waals surface area (Å²) in [5.74, 6) is 1.04. The van der Waals surface area contributed by atoms with Gasteiger partial charge in [0, 0.05) is 50.0 Å². The number of imidazole rings is 1. The zero-order valence-electron chi connectivity index (χ0n) is 21.9. The third kappa shape index (κ3) is 5.55. The molecule has 4 rings (SSSR count). The highest BCUT2D eigenvalue weighted by Gasteiger charge is 2.26. The summed E-state index contributed by atoms with van der Waals surface area (Å²) in [6.45, 7) is 4.28. The van der Waals surface area contributed by atoms with Crippen molar-refractivity contribution in [2.75, 3.05) is 31.8 Å². The maximum atomic E-state index is 12.8. The van der Waals surface area contributed by atoms with E-state index in [1.807, 2.05) is 36.4 Å². The van der Waals surface area contributed by atoms with Gasteiger partial charge < -0.3 is 20.7 Å². The minimum absolute atomic E-state index is 0.160. The Morgan fingerprint density at radius 2 is 1.95 bits per heavy atom. The molecule has 1 aromatic carbocycles. The molecule has 0 spiro atoms. The molecule has 38 heavy (non-hydrogen) atoms. The number of hydrogen-bond acceptors (Lipinski definition) is 7. The highest BCUT2D eigenvalue weighted by molar-refractivity contribution is 6.04. The second kappa shape index (κ2) is 11.7. The van der Waals surface area contributed by atoms with E-state index in [0.717, 1.165) is 11.1 Å². The number of amides is 2. The Hall–Kier alpha value is -4.57. The topological polar surface area (TPSA) is 128 Å². The van der Waals surface area contributed by atoms with Crippen LogP contribution in [0.3, 0.4) is 0 Å². The van der Waals surface area contributed by atoms with Crippen molar-refractivity contribution in [1.29, 1.82) is 0 Å². The number of pyridine rings is 1. The quantitative estimate of drug-likeness (QED) is 0.323. The molecule has 3 heterocycles. The first kappa shape index (κ1) is 26.5. The molecule has 0 saturated heterocycles. The van der Waals surface area contributed by atoms with Gasteiger partial charge >= 0.3 is 0 Å².